The number of carbonyl (C=O) groups is 2. The molecule has 1 fully saturated rings. The normalized spacial score (nSPS) is 22.1. The van der Waals surface area contributed by atoms with E-state index in [1.807, 2.05) is 20.8 Å². The van der Waals surface area contributed by atoms with Crippen LogP contribution in [0.25, 0.3) is 0 Å². The Bertz CT molecular complexity index is 376. The fourth-order valence-electron chi connectivity index (χ4n) is 2.78. The first kappa shape index (κ1) is 17.1. The number of hydrogen-bond acceptors (Lipinski definition) is 3. The fraction of sp³-hybridized carbons (Fsp3) is 0.824. The van der Waals surface area contributed by atoms with Crippen molar-refractivity contribution in [1.29, 1.82) is 0 Å². The zero-order valence-electron chi connectivity index (χ0n) is 13.7. The van der Waals surface area contributed by atoms with E-state index >= 15 is 0 Å². The Morgan fingerprint density at radius 1 is 1.25 bits per heavy atom. The summed E-state index contributed by atoms with van der Waals surface area (Å²) in [5.74, 6) is -0.405. The van der Waals surface area contributed by atoms with Gasteiger partial charge in [-0.2, -0.15) is 0 Å². The van der Waals surface area contributed by atoms with E-state index in [0.717, 1.165) is 31.4 Å². The van der Waals surface area contributed by atoms with Crippen molar-refractivity contribution in [2.45, 2.75) is 79.2 Å². The molecule has 1 saturated carbocycles. The highest BCUT2D eigenvalue weighted by molar-refractivity contribution is 6.22. The molecule has 0 bridgehead atoms. The van der Waals surface area contributed by atoms with Gasteiger partial charge in [-0.25, -0.2) is 0 Å². The van der Waals surface area contributed by atoms with Crippen LogP contribution in [-0.2, 0) is 9.59 Å². The van der Waals surface area contributed by atoms with E-state index in [0.29, 0.717) is 12.8 Å². The van der Waals surface area contributed by atoms with Crippen LogP contribution in [-0.4, -0.2) is 23.3 Å². The average molecular weight is 279 g/mol. The molecule has 1 rings (SSSR count). The predicted octanol–water partition coefficient (Wildman–Crippen LogP) is 3.99. The first-order valence-corrected chi connectivity index (χ1v) is 7.92. The largest absolute Gasteiger partial charge is 0.298 e. The van der Waals surface area contributed by atoms with Crippen molar-refractivity contribution in [3.05, 3.63) is 0 Å². The number of hydrogen-bond donors (Lipinski definition) is 0. The summed E-state index contributed by atoms with van der Waals surface area (Å²) in [4.78, 5) is 29.5. The minimum atomic E-state index is -0.552. The molecule has 0 spiro atoms. The molecule has 3 heteroatoms. The minimum Gasteiger partial charge on any atom is -0.298 e. The van der Waals surface area contributed by atoms with Crippen molar-refractivity contribution >= 4 is 17.3 Å². The van der Waals surface area contributed by atoms with Crippen LogP contribution in [0.5, 0.6) is 0 Å². The Morgan fingerprint density at radius 3 is 2.25 bits per heavy atom. The molecule has 0 aliphatic heterocycles. The second-order valence-corrected chi connectivity index (χ2v) is 6.86. The first-order valence-electron chi connectivity index (χ1n) is 7.92. The number of unbranched alkanes of at least 4 members (excludes halogenated alkanes) is 1. The molecule has 0 aromatic heterocycles. The van der Waals surface area contributed by atoms with Crippen LogP contribution in [0.3, 0.4) is 0 Å². The third-order valence-electron chi connectivity index (χ3n) is 4.05. The summed E-state index contributed by atoms with van der Waals surface area (Å²) < 4.78 is 0. The van der Waals surface area contributed by atoms with Gasteiger partial charge in [-0.05, 0) is 31.6 Å². The summed E-state index contributed by atoms with van der Waals surface area (Å²) in [6.45, 7) is 10.2. The molecule has 20 heavy (non-hydrogen) atoms. The van der Waals surface area contributed by atoms with Crippen molar-refractivity contribution in [2.75, 3.05) is 0 Å². The van der Waals surface area contributed by atoms with Crippen molar-refractivity contribution in [1.82, 2.24) is 0 Å². The van der Waals surface area contributed by atoms with Gasteiger partial charge in [0.15, 0.2) is 0 Å². The number of ketones is 2. The van der Waals surface area contributed by atoms with Gasteiger partial charge in [0.1, 0.15) is 17.5 Å². The summed E-state index contributed by atoms with van der Waals surface area (Å²) in [6.07, 6.45) is 4.76. The highest BCUT2D eigenvalue weighted by Crippen LogP contribution is 2.35. The molecule has 0 heterocycles. The van der Waals surface area contributed by atoms with Crippen LogP contribution in [0.15, 0.2) is 4.99 Å². The lowest BCUT2D eigenvalue weighted by molar-refractivity contribution is -0.136. The van der Waals surface area contributed by atoms with Crippen LogP contribution >= 0.6 is 0 Å². The third-order valence-corrected chi connectivity index (χ3v) is 4.05. The highest BCUT2D eigenvalue weighted by atomic mass is 16.2. The Kier molecular flexibility index (Phi) is 6.09. The van der Waals surface area contributed by atoms with Gasteiger partial charge in [0.05, 0.1) is 0 Å². The molecular formula is C17H29NO2. The van der Waals surface area contributed by atoms with Crippen LogP contribution in [0, 0.1) is 11.3 Å². The van der Waals surface area contributed by atoms with Crippen LogP contribution in [0.4, 0.5) is 0 Å². The van der Waals surface area contributed by atoms with Gasteiger partial charge in [-0.1, -0.05) is 34.1 Å². The maximum Gasteiger partial charge on any atom is 0.149 e. The highest BCUT2D eigenvalue weighted by Gasteiger charge is 2.41. The van der Waals surface area contributed by atoms with E-state index < -0.39 is 5.92 Å². The second-order valence-electron chi connectivity index (χ2n) is 6.86. The number of carbonyl (C=O) groups excluding carboxylic acids is 2. The van der Waals surface area contributed by atoms with Crippen molar-refractivity contribution in [2.24, 2.45) is 16.3 Å². The van der Waals surface area contributed by atoms with Crippen LogP contribution in [0.2, 0.25) is 0 Å². The molecule has 1 aliphatic carbocycles. The number of Topliss-reactive ketones (excluding diaryl/α,β-unsaturated/α-hetero) is 2. The topological polar surface area (TPSA) is 46.5 Å². The Labute approximate surface area is 123 Å². The Balaban J connectivity index is 2.98. The quantitative estimate of drug-likeness (QED) is 0.545. The SMILES string of the molecule is CCCCC(=N[C@@H](C)CC)C1C(=O)CC(C)(C)CC1=O. The van der Waals surface area contributed by atoms with Crippen molar-refractivity contribution in [3.8, 4) is 0 Å². The summed E-state index contributed by atoms with van der Waals surface area (Å²) in [5.41, 5.74) is 0.656. The van der Waals surface area contributed by atoms with Crippen LogP contribution in [0.1, 0.15) is 73.1 Å². The lowest BCUT2D eigenvalue weighted by Gasteiger charge is -2.32. The van der Waals surface area contributed by atoms with Gasteiger partial charge in [0, 0.05) is 24.6 Å². The molecule has 0 N–H and O–H groups in total. The molecule has 0 amide bonds. The lowest BCUT2D eigenvalue weighted by Crippen LogP contribution is -2.42. The maximum atomic E-state index is 12.4. The zero-order chi connectivity index (χ0) is 15.3. The molecule has 0 aromatic rings. The Morgan fingerprint density at radius 2 is 1.80 bits per heavy atom. The maximum absolute atomic E-state index is 12.4. The van der Waals surface area contributed by atoms with Crippen LogP contribution < -0.4 is 0 Å². The minimum absolute atomic E-state index is 0.0735. The van der Waals surface area contributed by atoms with Gasteiger partial charge in [-0.3, -0.25) is 14.6 Å². The zero-order valence-corrected chi connectivity index (χ0v) is 13.7. The summed E-state index contributed by atoms with van der Waals surface area (Å²) in [7, 11) is 0. The van der Waals surface area contributed by atoms with E-state index in [2.05, 4.69) is 18.8 Å². The molecule has 0 aromatic carbocycles. The summed E-state index contributed by atoms with van der Waals surface area (Å²) in [6, 6.07) is 0.192. The number of rotatable bonds is 6. The predicted molar refractivity (Wildman–Crippen MR) is 83.2 cm³/mol. The molecule has 0 radical (unpaired) electrons. The monoisotopic (exact) mass is 279 g/mol. The molecule has 1 atom stereocenters. The molecule has 114 valence electrons. The van der Waals surface area contributed by atoms with Gasteiger partial charge < -0.3 is 0 Å². The summed E-state index contributed by atoms with van der Waals surface area (Å²) >= 11 is 0. The van der Waals surface area contributed by atoms with Gasteiger partial charge >= 0.3 is 0 Å². The smallest absolute Gasteiger partial charge is 0.149 e. The average Bonchev–Trinajstić information content (AvgIpc) is 2.32. The van der Waals surface area contributed by atoms with Gasteiger partial charge in [0.25, 0.3) is 0 Å². The standard InChI is InChI=1S/C17H29NO2/c1-6-8-9-13(18-12(3)7-2)16-14(19)10-17(4,5)11-15(16)20/h12,16H,6-11H2,1-5H3/t12-/m0/s1. The first-order chi connectivity index (χ1) is 9.30. The van der Waals surface area contributed by atoms with Gasteiger partial charge in [-0.15, -0.1) is 0 Å². The molecule has 0 unspecified atom stereocenters. The third kappa shape index (κ3) is 4.53. The van der Waals surface area contributed by atoms with E-state index in [1.54, 1.807) is 0 Å². The van der Waals surface area contributed by atoms with Crippen molar-refractivity contribution < 1.29 is 9.59 Å². The molecule has 3 nitrogen and oxygen atoms in total. The Hall–Kier alpha value is -0.990. The van der Waals surface area contributed by atoms with E-state index in [1.165, 1.54) is 0 Å². The molecular weight excluding hydrogens is 250 g/mol. The van der Waals surface area contributed by atoms with Crippen molar-refractivity contribution in [3.63, 3.8) is 0 Å². The fourth-order valence-corrected chi connectivity index (χ4v) is 2.78. The van der Waals surface area contributed by atoms with E-state index in [4.69, 9.17) is 0 Å². The second kappa shape index (κ2) is 7.14. The van der Waals surface area contributed by atoms with E-state index in [9.17, 15) is 9.59 Å². The lowest BCUT2D eigenvalue weighted by atomic mass is 9.69. The number of aliphatic imine (C=N–C) groups is 1. The number of nitrogens with zero attached hydrogens (tertiary/aromatic N) is 1. The van der Waals surface area contributed by atoms with Gasteiger partial charge in [0.2, 0.25) is 0 Å². The van der Waals surface area contributed by atoms with E-state index in [-0.39, 0.29) is 23.0 Å². The molecule has 0 saturated heterocycles. The molecule has 1 aliphatic rings. The summed E-state index contributed by atoms with van der Waals surface area (Å²) in [5, 5.41) is 0.